The van der Waals surface area contributed by atoms with Crippen molar-refractivity contribution in [3.8, 4) is 0 Å². The van der Waals surface area contributed by atoms with E-state index in [2.05, 4.69) is 16.7 Å². The molecule has 0 aliphatic rings. The normalized spacial score (nSPS) is 10.8. The molecule has 0 saturated carbocycles. The second-order valence-corrected chi connectivity index (χ2v) is 7.30. The molecule has 146 valence electrons. The number of amides is 1. The molecule has 1 aromatic heterocycles. The Labute approximate surface area is 175 Å². The Balaban J connectivity index is 1.81. The third-order valence-electron chi connectivity index (χ3n) is 4.49. The van der Waals surface area contributed by atoms with Crippen LogP contribution < -0.4 is 0 Å². The van der Waals surface area contributed by atoms with E-state index >= 15 is 0 Å². The maximum Gasteiger partial charge on any atom is 0.255 e. The van der Waals surface area contributed by atoms with Crippen molar-refractivity contribution >= 4 is 29.1 Å². The molecule has 0 unspecified atom stereocenters. The maximum atomic E-state index is 13.1. The van der Waals surface area contributed by atoms with Crippen molar-refractivity contribution < 1.29 is 9.53 Å². The highest BCUT2D eigenvalue weighted by Crippen LogP contribution is 2.23. The van der Waals surface area contributed by atoms with Gasteiger partial charge in [0.2, 0.25) is 0 Å². The number of rotatable bonds is 8. The molecule has 0 atom stereocenters. The Morgan fingerprint density at radius 1 is 1.07 bits per heavy atom. The molecule has 0 aliphatic heterocycles. The fraction of sp³-hybridized carbons (Fsp3) is 0.227. The van der Waals surface area contributed by atoms with Crippen molar-refractivity contribution in [1.82, 2.24) is 9.47 Å². The van der Waals surface area contributed by atoms with E-state index in [0.717, 1.165) is 12.2 Å². The van der Waals surface area contributed by atoms with Crippen LogP contribution in [0.15, 0.2) is 66.9 Å². The summed E-state index contributed by atoms with van der Waals surface area (Å²) in [6, 6.07) is 19.2. The fourth-order valence-electron chi connectivity index (χ4n) is 3.01. The summed E-state index contributed by atoms with van der Waals surface area (Å²) < 4.78 is 7.34. The van der Waals surface area contributed by atoms with Gasteiger partial charge in [0.25, 0.3) is 5.91 Å². The first kappa shape index (κ1) is 20.5. The summed E-state index contributed by atoms with van der Waals surface area (Å²) >= 11 is 12.2. The topological polar surface area (TPSA) is 34.5 Å². The summed E-state index contributed by atoms with van der Waals surface area (Å²) in [6.45, 7) is 2.11. The highest BCUT2D eigenvalue weighted by Gasteiger charge is 2.20. The van der Waals surface area contributed by atoms with Gasteiger partial charge in [0.1, 0.15) is 0 Å². The van der Waals surface area contributed by atoms with Crippen molar-refractivity contribution in [2.24, 2.45) is 0 Å². The van der Waals surface area contributed by atoms with Crippen LogP contribution in [0.2, 0.25) is 10.0 Å². The van der Waals surface area contributed by atoms with Crippen LogP contribution in [0.25, 0.3) is 0 Å². The van der Waals surface area contributed by atoms with E-state index in [1.807, 2.05) is 36.5 Å². The van der Waals surface area contributed by atoms with Gasteiger partial charge in [-0.05, 0) is 35.9 Å². The Morgan fingerprint density at radius 3 is 2.57 bits per heavy atom. The average molecular weight is 417 g/mol. The molecular formula is C22H22Cl2N2O2. The summed E-state index contributed by atoms with van der Waals surface area (Å²) in [5.41, 5.74) is 2.68. The molecule has 1 heterocycles. The summed E-state index contributed by atoms with van der Waals surface area (Å²) in [4.78, 5) is 14.9. The largest absolute Gasteiger partial charge is 0.383 e. The molecule has 0 aliphatic carbocycles. The van der Waals surface area contributed by atoms with Crippen molar-refractivity contribution in [2.45, 2.75) is 13.1 Å². The fourth-order valence-corrected chi connectivity index (χ4v) is 3.50. The zero-order valence-electron chi connectivity index (χ0n) is 15.6. The van der Waals surface area contributed by atoms with Crippen molar-refractivity contribution in [1.29, 1.82) is 0 Å². The first-order chi connectivity index (χ1) is 13.6. The van der Waals surface area contributed by atoms with Gasteiger partial charge in [0, 0.05) is 37.1 Å². The second kappa shape index (κ2) is 9.78. The van der Waals surface area contributed by atoms with Crippen LogP contribution in [0.5, 0.6) is 0 Å². The van der Waals surface area contributed by atoms with Crippen LogP contribution in [0, 0.1) is 0 Å². The monoisotopic (exact) mass is 416 g/mol. The SMILES string of the molecule is COCCN(Cc1cccn1Cc1ccccc1)C(=O)c1ccc(Cl)cc1Cl. The molecule has 6 heteroatoms. The average Bonchev–Trinajstić information content (AvgIpc) is 3.12. The molecule has 0 radical (unpaired) electrons. The van der Waals surface area contributed by atoms with Crippen LogP contribution in [0.1, 0.15) is 21.6 Å². The van der Waals surface area contributed by atoms with E-state index in [-0.39, 0.29) is 5.91 Å². The minimum atomic E-state index is -0.147. The number of carbonyl (C=O) groups is 1. The molecule has 1 amide bonds. The van der Waals surface area contributed by atoms with Gasteiger partial charge >= 0.3 is 0 Å². The van der Waals surface area contributed by atoms with E-state index in [1.54, 1.807) is 30.2 Å². The number of halogens is 2. The van der Waals surface area contributed by atoms with Crippen molar-refractivity contribution in [3.05, 3.63) is 93.7 Å². The zero-order valence-corrected chi connectivity index (χ0v) is 17.2. The van der Waals surface area contributed by atoms with E-state index < -0.39 is 0 Å². The minimum absolute atomic E-state index is 0.147. The number of nitrogens with zero attached hydrogens (tertiary/aromatic N) is 2. The first-order valence-electron chi connectivity index (χ1n) is 8.99. The molecular weight excluding hydrogens is 395 g/mol. The lowest BCUT2D eigenvalue weighted by atomic mass is 10.2. The van der Waals surface area contributed by atoms with E-state index in [4.69, 9.17) is 27.9 Å². The molecule has 0 bridgehead atoms. The predicted octanol–water partition coefficient (Wildman–Crippen LogP) is 5.13. The zero-order chi connectivity index (χ0) is 19.9. The molecule has 3 rings (SSSR count). The van der Waals surface area contributed by atoms with Gasteiger partial charge < -0.3 is 14.2 Å². The number of hydrogen-bond donors (Lipinski definition) is 0. The Morgan fingerprint density at radius 2 is 1.86 bits per heavy atom. The van der Waals surface area contributed by atoms with Crippen LogP contribution in [0.4, 0.5) is 0 Å². The third kappa shape index (κ3) is 5.16. The van der Waals surface area contributed by atoms with Gasteiger partial charge in [0.05, 0.1) is 23.7 Å². The third-order valence-corrected chi connectivity index (χ3v) is 5.03. The minimum Gasteiger partial charge on any atom is -0.383 e. The van der Waals surface area contributed by atoms with Gasteiger partial charge in [-0.3, -0.25) is 4.79 Å². The quantitative estimate of drug-likeness (QED) is 0.509. The highest BCUT2D eigenvalue weighted by atomic mass is 35.5. The smallest absolute Gasteiger partial charge is 0.255 e. The number of ether oxygens (including phenoxy) is 1. The maximum absolute atomic E-state index is 13.1. The molecule has 28 heavy (non-hydrogen) atoms. The summed E-state index contributed by atoms with van der Waals surface area (Å²) in [6.07, 6.45) is 2.02. The second-order valence-electron chi connectivity index (χ2n) is 6.46. The molecule has 0 spiro atoms. The van der Waals surface area contributed by atoms with E-state index in [1.165, 1.54) is 5.56 Å². The van der Waals surface area contributed by atoms with Gasteiger partial charge in [-0.25, -0.2) is 0 Å². The number of benzene rings is 2. The lowest BCUT2D eigenvalue weighted by Gasteiger charge is -2.24. The number of carbonyl (C=O) groups excluding carboxylic acids is 1. The molecule has 0 fully saturated rings. The Bertz CT molecular complexity index is 925. The molecule has 4 nitrogen and oxygen atoms in total. The van der Waals surface area contributed by atoms with Crippen LogP contribution in [-0.4, -0.2) is 35.6 Å². The van der Waals surface area contributed by atoms with Gasteiger partial charge in [-0.2, -0.15) is 0 Å². The van der Waals surface area contributed by atoms with Gasteiger partial charge in [0.15, 0.2) is 0 Å². The lowest BCUT2D eigenvalue weighted by molar-refractivity contribution is 0.0676. The molecule has 2 aromatic carbocycles. The van der Waals surface area contributed by atoms with Crippen LogP contribution >= 0.6 is 23.2 Å². The van der Waals surface area contributed by atoms with Crippen molar-refractivity contribution in [2.75, 3.05) is 20.3 Å². The standard InChI is InChI=1S/C22H22Cl2N2O2/c1-28-13-12-26(22(27)20-10-9-18(23)14-21(20)24)16-19-8-5-11-25(19)15-17-6-3-2-4-7-17/h2-11,14H,12-13,15-16H2,1H3. The Kier molecular flexibility index (Phi) is 7.15. The number of methoxy groups -OCH3 is 1. The summed E-state index contributed by atoms with van der Waals surface area (Å²) in [5, 5.41) is 0.848. The van der Waals surface area contributed by atoms with Crippen molar-refractivity contribution in [3.63, 3.8) is 0 Å². The van der Waals surface area contributed by atoms with Gasteiger partial charge in [-0.15, -0.1) is 0 Å². The number of aromatic nitrogens is 1. The highest BCUT2D eigenvalue weighted by molar-refractivity contribution is 6.36. The van der Waals surface area contributed by atoms with Crippen LogP contribution in [-0.2, 0) is 17.8 Å². The van der Waals surface area contributed by atoms with Gasteiger partial charge in [-0.1, -0.05) is 53.5 Å². The predicted molar refractivity (Wildman–Crippen MR) is 113 cm³/mol. The first-order valence-corrected chi connectivity index (χ1v) is 9.75. The number of hydrogen-bond acceptors (Lipinski definition) is 2. The lowest BCUT2D eigenvalue weighted by Crippen LogP contribution is -2.34. The van der Waals surface area contributed by atoms with E-state index in [0.29, 0.717) is 35.3 Å². The van der Waals surface area contributed by atoms with Crippen LogP contribution in [0.3, 0.4) is 0 Å². The summed E-state index contributed by atoms with van der Waals surface area (Å²) in [5.74, 6) is -0.147. The Hall–Kier alpha value is -2.27. The van der Waals surface area contributed by atoms with E-state index in [9.17, 15) is 4.79 Å². The molecule has 3 aromatic rings. The summed E-state index contributed by atoms with van der Waals surface area (Å²) in [7, 11) is 1.62. The molecule has 0 saturated heterocycles. The molecule has 0 N–H and O–H groups in total.